The number of ether oxygens (including phenoxy) is 3. The maximum Gasteiger partial charge on any atom is 0.387 e. The molecule has 0 aliphatic heterocycles. The number of aromatic nitrogens is 2. The van der Waals surface area contributed by atoms with Crippen molar-refractivity contribution in [3.8, 4) is 17.2 Å². The number of halogens is 2. The number of para-hydroxylation sites is 1. The molecule has 0 radical (unpaired) electrons. The first kappa shape index (κ1) is 22.8. The van der Waals surface area contributed by atoms with Gasteiger partial charge in [-0.15, -0.1) is 0 Å². The lowest BCUT2D eigenvalue weighted by Crippen LogP contribution is -2.29. The zero-order valence-corrected chi connectivity index (χ0v) is 17.8. The number of amides is 1. The van der Waals surface area contributed by atoms with E-state index < -0.39 is 18.6 Å². The number of methoxy groups -OCH3 is 2. The van der Waals surface area contributed by atoms with Gasteiger partial charge < -0.3 is 24.1 Å². The molecule has 0 fully saturated rings. The zero-order chi connectivity index (χ0) is 23.1. The van der Waals surface area contributed by atoms with Crippen LogP contribution in [0.4, 0.5) is 8.78 Å². The van der Waals surface area contributed by atoms with Gasteiger partial charge in [0.05, 0.1) is 14.2 Å². The Balaban J connectivity index is 1.88. The van der Waals surface area contributed by atoms with Crippen molar-refractivity contribution in [3.05, 3.63) is 77.9 Å². The predicted molar refractivity (Wildman–Crippen MR) is 115 cm³/mol. The van der Waals surface area contributed by atoms with Gasteiger partial charge in [0, 0.05) is 31.1 Å². The first-order valence-corrected chi connectivity index (χ1v) is 9.64. The molecular formula is C23H23F2N3O4. The maximum atomic E-state index is 12.8. The lowest BCUT2D eigenvalue weighted by molar-refractivity contribution is -0.117. The number of nitrogens with one attached hydrogen (secondary N) is 1. The Labute approximate surface area is 184 Å². The van der Waals surface area contributed by atoms with Gasteiger partial charge in [0.1, 0.15) is 17.6 Å². The van der Waals surface area contributed by atoms with Crippen molar-refractivity contribution in [3.63, 3.8) is 0 Å². The summed E-state index contributed by atoms with van der Waals surface area (Å²) in [7, 11) is 4.73. The van der Waals surface area contributed by atoms with Crippen LogP contribution >= 0.6 is 0 Å². The molecule has 1 aromatic heterocycles. The van der Waals surface area contributed by atoms with Crippen molar-refractivity contribution in [2.45, 2.75) is 12.7 Å². The number of alkyl halides is 2. The lowest BCUT2D eigenvalue weighted by Gasteiger charge is -2.19. The van der Waals surface area contributed by atoms with E-state index in [1.165, 1.54) is 25.3 Å². The van der Waals surface area contributed by atoms with Crippen molar-refractivity contribution < 1.29 is 27.8 Å². The molecule has 0 aliphatic carbocycles. The van der Waals surface area contributed by atoms with E-state index in [1.807, 2.05) is 19.2 Å². The minimum absolute atomic E-state index is 0.134. The van der Waals surface area contributed by atoms with Gasteiger partial charge in [0.25, 0.3) is 0 Å². The summed E-state index contributed by atoms with van der Waals surface area (Å²) in [5.41, 5.74) is 1.04. The Morgan fingerprint density at radius 1 is 1.16 bits per heavy atom. The largest absolute Gasteiger partial charge is 0.497 e. The van der Waals surface area contributed by atoms with Gasteiger partial charge in [0.2, 0.25) is 5.91 Å². The first-order chi connectivity index (χ1) is 15.4. The summed E-state index contributed by atoms with van der Waals surface area (Å²) in [6, 6.07) is 11.4. The second-order valence-corrected chi connectivity index (χ2v) is 6.71. The third-order valence-corrected chi connectivity index (χ3v) is 4.68. The minimum Gasteiger partial charge on any atom is -0.497 e. The van der Waals surface area contributed by atoms with Crippen molar-refractivity contribution in [1.82, 2.24) is 14.9 Å². The number of hydrogen-bond donors (Lipinski definition) is 1. The molecule has 1 unspecified atom stereocenters. The molecule has 3 aromatic rings. The molecule has 168 valence electrons. The number of nitrogens with zero attached hydrogens (tertiary/aromatic N) is 2. The van der Waals surface area contributed by atoms with Crippen LogP contribution in [-0.4, -0.2) is 36.3 Å². The molecule has 1 N–H and O–H groups in total. The van der Waals surface area contributed by atoms with E-state index in [0.29, 0.717) is 11.6 Å². The summed E-state index contributed by atoms with van der Waals surface area (Å²) >= 11 is 0. The highest BCUT2D eigenvalue weighted by Gasteiger charge is 2.21. The summed E-state index contributed by atoms with van der Waals surface area (Å²) in [6.45, 7) is -3.03. The number of carbonyl (C=O) groups is 1. The van der Waals surface area contributed by atoms with Crippen molar-refractivity contribution >= 4 is 12.0 Å². The summed E-state index contributed by atoms with van der Waals surface area (Å²) in [6.07, 6.45) is 6.03. The molecule has 2 aromatic carbocycles. The zero-order valence-electron chi connectivity index (χ0n) is 17.8. The van der Waals surface area contributed by atoms with Gasteiger partial charge in [-0.3, -0.25) is 4.79 Å². The van der Waals surface area contributed by atoms with Crippen molar-refractivity contribution in [2.75, 3.05) is 14.2 Å². The number of rotatable bonds is 9. The standard InChI is InChI=1S/C23H23F2N3O4/c1-28-13-12-26-22(28)20(16-7-4-8-17(14-16)30-2)27-19(29)11-10-15-6-5-9-18(31-3)21(15)32-23(24)25/h4-14,20,23H,1-3H3,(H,27,29)/b11-10+. The summed E-state index contributed by atoms with van der Waals surface area (Å²) < 4.78 is 42.4. The molecule has 0 aliphatic rings. The molecular weight excluding hydrogens is 420 g/mol. The van der Waals surface area contributed by atoms with Crippen LogP contribution in [0, 0.1) is 0 Å². The Morgan fingerprint density at radius 2 is 1.94 bits per heavy atom. The molecule has 0 spiro atoms. The summed E-state index contributed by atoms with van der Waals surface area (Å²) in [5.74, 6) is 0.782. The van der Waals surface area contributed by atoms with Gasteiger partial charge in [-0.25, -0.2) is 4.98 Å². The van der Waals surface area contributed by atoms with E-state index >= 15 is 0 Å². The average molecular weight is 443 g/mol. The molecule has 0 saturated heterocycles. The number of benzene rings is 2. The lowest BCUT2D eigenvalue weighted by atomic mass is 10.1. The van der Waals surface area contributed by atoms with E-state index in [-0.39, 0.29) is 17.1 Å². The quantitative estimate of drug-likeness (QED) is 0.507. The molecule has 9 heteroatoms. The van der Waals surface area contributed by atoms with E-state index in [9.17, 15) is 13.6 Å². The molecule has 32 heavy (non-hydrogen) atoms. The fraction of sp³-hybridized carbons (Fsp3) is 0.217. The predicted octanol–water partition coefficient (Wildman–Crippen LogP) is 3.96. The normalized spacial score (nSPS) is 12.1. The number of hydrogen-bond acceptors (Lipinski definition) is 5. The monoisotopic (exact) mass is 443 g/mol. The highest BCUT2D eigenvalue weighted by molar-refractivity contribution is 5.92. The van der Waals surface area contributed by atoms with Crippen molar-refractivity contribution in [1.29, 1.82) is 0 Å². The maximum absolute atomic E-state index is 12.8. The van der Waals surface area contributed by atoms with E-state index in [2.05, 4.69) is 15.0 Å². The highest BCUT2D eigenvalue weighted by atomic mass is 19.3. The first-order valence-electron chi connectivity index (χ1n) is 9.64. The van der Waals surface area contributed by atoms with Gasteiger partial charge >= 0.3 is 6.61 Å². The number of carbonyl (C=O) groups excluding carboxylic acids is 1. The number of imidazole rings is 1. The fourth-order valence-corrected chi connectivity index (χ4v) is 3.17. The van der Waals surface area contributed by atoms with E-state index in [1.54, 1.807) is 48.3 Å². The van der Waals surface area contributed by atoms with Crippen LogP contribution in [0.2, 0.25) is 0 Å². The van der Waals surface area contributed by atoms with E-state index in [4.69, 9.17) is 9.47 Å². The van der Waals surface area contributed by atoms with Crippen LogP contribution in [0.1, 0.15) is 23.0 Å². The second-order valence-electron chi connectivity index (χ2n) is 6.71. The van der Waals surface area contributed by atoms with Crippen LogP contribution in [0.15, 0.2) is 60.9 Å². The molecule has 3 rings (SSSR count). The molecule has 7 nitrogen and oxygen atoms in total. The highest BCUT2D eigenvalue weighted by Crippen LogP contribution is 2.33. The molecule has 0 saturated carbocycles. The Morgan fingerprint density at radius 3 is 2.59 bits per heavy atom. The smallest absolute Gasteiger partial charge is 0.387 e. The van der Waals surface area contributed by atoms with Crippen LogP contribution < -0.4 is 19.5 Å². The van der Waals surface area contributed by atoms with Crippen LogP contribution in [0.25, 0.3) is 6.08 Å². The van der Waals surface area contributed by atoms with E-state index in [0.717, 1.165) is 5.56 Å². The van der Waals surface area contributed by atoms with Crippen LogP contribution in [0.5, 0.6) is 17.2 Å². The molecule has 1 atom stereocenters. The average Bonchev–Trinajstić information content (AvgIpc) is 3.21. The van der Waals surface area contributed by atoms with Gasteiger partial charge in [-0.2, -0.15) is 8.78 Å². The number of aryl methyl sites for hydroxylation is 1. The minimum atomic E-state index is -3.03. The summed E-state index contributed by atoms with van der Waals surface area (Å²) in [4.78, 5) is 17.1. The van der Waals surface area contributed by atoms with Gasteiger partial charge in [-0.1, -0.05) is 24.3 Å². The van der Waals surface area contributed by atoms with Gasteiger partial charge in [0.15, 0.2) is 11.5 Å². The van der Waals surface area contributed by atoms with Crippen LogP contribution in [-0.2, 0) is 11.8 Å². The summed E-state index contributed by atoms with van der Waals surface area (Å²) in [5, 5.41) is 2.90. The van der Waals surface area contributed by atoms with Crippen LogP contribution in [0.3, 0.4) is 0 Å². The topological polar surface area (TPSA) is 74.6 Å². The Kier molecular flexibility index (Phi) is 7.43. The third-order valence-electron chi connectivity index (χ3n) is 4.68. The van der Waals surface area contributed by atoms with Crippen molar-refractivity contribution in [2.24, 2.45) is 7.05 Å². The molecule has 1 heterocycles. The second kappa shape index (κ2) is 10.4. The fourth-order valence-electron chi connectivity index (χ4n) is 3.17. The third kappa shape index (κ3) is 5.42. The Bertz CT molecular complexity index is 1100. The molecule has 0 bridgehead atoms. The molecule has 1 amide bonds. The SMILES string of the molecule is COc1cccc(C(NC(=O)/C=C/c2cccc(OC)c2OC(F)F)c2nccn2C)c1. The van der Waals surface area contributed by atoms with Gasteiger partial charge in [-0.05, 0) is 29.8 Å². The Hall–Kier alpha value is -3.88.